The molecule has 0 unspecified atom stereocenters. The molecule has 0 aromatic heterocycles. The first kappa shape index (κ1) is 18.0. The van der Waals surface area contributed by atoms with Crippen LogP contribution in [0.1, 0.15) is 25.7 Å². The SMILES string of the molecule is O=[N+]([O-])c1cc(Cl)ccc1OCCCCCCS(=O)(=O)Cl. The van der Waals surface area contributed by atoms with Gasteiger partial charge < -0.3 is 4.74 Å². The zero-order valence-electron chi connectivity index (χ0n) is 11.1. The van der Waals surface area contributed by atoms with Gasteiger partial charge in [-0.15, -0.1) is 0 Å². The number of unbranched alkanes of at least 4 members (excludes halogenated alkanes) is 3. The van der Waals surface area contributed by atoms with E-state index in [-0.39, 0.29) is 22.2 Å². The Morgan fingerprint density at radius 1 is 1.19 bits per heavy atom. The van der Waals surface area contributed by atoms with Crippen LogP contribution in [0.3, 0.4) is 0 Å². The molecule has 0 aliphatic carbocycles. The van der Waals surface area contributed by atoms with Crippen molar-refractivity contribution >= 4 is 37.0 Å². The van der Waals surface area contributed by atoms with Gasteiger partial charge in [-0.3, -0.25) is 10.1 Å². The lowest BCUT2D eigenvalue weighted by Crippen LogP contribution is -2.01. The van der Waals surface area contributed by atoms with Crippen LogP contribution in [-0.4, -0.2) is 25.7 Å². The third kappa shape index (κ3) is 7.50. The maximum atomic E-state index is 10.8. The highest BCUT2D eigenvalue weighted by Crippen LogP contribution is 2.29. The summed E-state index contributed by atoms with van der Waals surface area (Å²) in [7, 11) is 1.66. The van der Waals surface area contributed by atoms with E-state index in [2.05, 4.69) is 0 Å². The molecule has 9 heteroatoms. The van der Waals surface area contributed by atoms with Gasteiger partial charge in [-0.1, -0.05) is 24.4 Å². The van der Waals surface area contributed by atoms with Gasteiger partial charge in [-0.25, -0.2) is 8.42 Å². The van der Waals surface area contributed by atoms with Crippen molar-refractivity contribution in [3.8, 4) is 5.75 Å². The third-order valence-electron chi connectivity index (χ3n) is 2.66. The van der Waals surface area contributed by atoms with Crippen LogP contribution in [0.5, 0.6) is 5.75 Å². The third-order valence-corrected chi connectivity index (χ3v) is 4.13. The minimum Gasteiger partial charge on any atom is -0.487 e. The average Bonchev–Trinajstić information content (AvgIpc) is 2.37. The Morgan fingerprint density at radius 2 is 1.86 bits per heavy atom. The highest BCUT2D eigenvalue weighted by Gasteiger charge is 2.15. The first-order chi connectivity index (χ1) is 9.79. The second-order valence-corrected chi connectivity index (χ2v) is 7.71. The van der Waals surface area contributed by atoms with Gasteiger partial charge in [0, 0.05) is 21.8 Å². The predicted octanol–water partition coefficient (Wildman–Crippen LogP) is 3.76. The van der Waals surface area contributed by atoms with Crippen molar-refractivity contribution in [2.24, 2.45) is 0 Å². The Labute approximate surface area is 132 Å². The standard InChI is InChI=1S/C12H15Cl2NO5S/c13-10-5-6-12(11(9-10)15(16)17)20-7-3-1-2-4-8-21(14,18)19/h5-6,9H,1-4,7-8H2. The molecule has 1 aromatic rings. The zero-order valence-corrected chi connectivity index (χ0v) is 13.5. The van der Waals surface area contributed by atoms with Gasteiger partial charge >= 0.3 is 5.69 Å². The fraction of sp³-hybridized carbons (Fsp3) is 0.500. The van der Waals surface area contributed by atoms with Crippen LogP contribution in [0.2, 0.25) is 5.02 Å². The summed E-state index contributed by atoms with van der Waals surface area (Å²) in [5.74, 6) is 0.130. The monoisotopic (exact) mass is 355 g/mol. The summed E-state index contributed by atoms with van der Waals surface area (Å²) in [6.45, 7) is 0.316. The normalized spacial score (nSPS) is 11.3. The number of hydrogen-bond donors (Lipinski definition) is 0. The number of halogens is 2. The van der Waals surface area contributed by atoms with Crippen molar-refractivity contribution < 1.29 is 18.1 Å². The maximum Gasteiger partial charge on any atom is 0.312 e. The van der Waals surface area contributed by atoms with E-state index in [9.17, 15) is 18.5 Å². The van der Waals surface area contributed by atoms with E-state index >= 15 is 0 Å². The summed E-state index contributed by atoms with van der Waals surface area (Å²) in [6, 6.07) is 4.22. The van der Waals surface area contributed by atoms with Crippen molar-refractivity contribution in [2.75, 3.05) is 12.4 Å². The van der Waals surface area contributed by atoms with E-state index in [1.807, 2.05) is 0 Å². The molecule has 0 aliphatic heterocycles. The molecule has 1 rings (SSSR count). The summed E-state index contributed by atoms with van der Waals surface area (Å²) >= 11 is 5.70. The van der Waals surface area contributed by atoms with E-state index in [1.165, 1.54) is 18.2 Å². The van der Waals surface area contributed by atoms with Gasteiger partial charge in [-0.05, 0) is 25.0 Å². The van der Waals surface area contributed by atoms with Gasteiger partial charge in [0.05, 0.1) is 17.3 Å². The van der Waals surface area contributed by atoms with Crippen LogP contribution in [0.15, 0.2) is 18.2 Å². The van der Waals surface area contributed by atoms with Gasteiger partial charge in [0.1, 0.15) is 0 Å². The Balaban J connectivity index is 2.32. The number of ether oxygens (including phenoxy) is 1. The Kier molecular flexibility index (Phi) is 7.21. The molecule has 0 N–H and O–H groups in total. The largest absolute Gasteiger partial charge is 0.487 e. The molecule has 0 heterocycles. The molecule has 0 bridgehead atoms. The summed E-state index contributed by atoms with van der Waals surface area (Å²) < 4.78 is 26.8. The number of rotatable bonds is 9. The Bertz CT molecular complexity index is 591. The predicted molar refractivity (Wildman–Crippen MR) is 81.7 cm³/mol. The minimum absolute atomic E-state index is 0.0436. The molecule has 0 amide bonds. The minimum atomic E-state index is -3.43. The first-order valence-corrected chi connectivity index (χ1v) is 9.14. The Hall–Kier alpha value is -1.05. The van der Waals surface area contributed by atoms with Crippen molar-refractivity contribution in [1.82, 2.24) is 0 Å². The molecule has 0 atom stereocenters. The number of benzene rings is 1. The lowest BCUT2D eigenvalue weighted by Gasteiger charge is -2.06. The van der Waals surface area contributed by atoms with Crippen LogP contribution in [-0.2, 0) is 9.05 Å². The quantitative estimate of drug-likeness (QED) is 0.291. The van der Waals surface area contributed by atoms with Crippen LogP contribution in [0, 0.1) is 10.1 Å². The molecule has 1 aromatic carbocycles. The molecule has 118 valence electrons. The number of hydrogen-bond acceptors (Lipinski definition) is 5. The van der Waals surface area contributed by atoms with E-state index < -0.39 is 14.0 Å². The highest BCUT2D eigenvalue weighted by molar-refractivity contribution is 8.13. The highest BCUT2D eigenvalue weighted by atomic mass is 35.7. The summed E-state index contributed by atoms with van der Waals surface area (Å²) in [6.07, 6.45) is 2.63. The lowest BCUT2D eigenvalue weighted by atomic mass is 10.2. The molecule has 0 saturated heterocycles. The number of nitro benzene ring substituents is 1. The molecule has 0 saturated carbocycles. The Morgan fingerprint density at radius 3 is 2.48 bits per heavy atom. The van der Waals surface area contributed by atoms with Crippen LogP contribution in [0.25, 0.3) is 0 Å². The van der Waals surface area contributed by atoms with Crippen molar-refractivity contribution in [3.05, 3.63) is 33.3 Å². The summed E-state index contributed by atoms with van der Waals surface area (Å²) in [5.41, 5.74) is -0.171. The van der Waals surface area contributed by atoms with Crippen molar-refractivity contribution in [1.29, 1.82) is 0 Å². The lowest BCUT2D eigenvalue weighted by molar-refractivity contribution is -0.385. The summed E-state index contributed by atoms with van der Waals surface area (Å²) in [4.78, 5) is 10.3. The first-order valence-electron chi connectivity index (χ1n) is 6.28. The summed E-state index contributed by atoms with van der Waals surface area (Å²) in [5, 5.41) is 11.1. The fourth-order valence-corrected chi connectivity index (χ4v) is 2.71. The molecule has 21 heavy (non-hydrogen) atoms. The second-order valence-electron chi connectivity index (χ2n) is 4.37. The van der Waals surface area contributed by atoms with Gasteiger partial charge in [-0.2, -0.15) is 0 Å². The molecule has 0 radical (unpaired) electrons. The van der Waals surface area contributed by atoms with Gasteiger partial charge in [0.2, 0.25) is 9.05 Å². The molecule has 0 spiro atoms. The van der Waals surface area contributed by atoms with Crippen LogP contribution in [0.4, 0.5) is 5.69 Å². The van der Waals surface area contributed by atoms with Crippen LogP contribution < -0.4 is 4.74 Å². The van der Waals surface area contributed by atoms with Crippen molar-refractivity contribution in [3.63, 3.8) is 0 Å². The fourth-order valence-electron chi connectivity index (χ4n) is 1.67. The van der Waals surface area contributed by atoms with Crippen LogP contribution >= 0.6 is 22.3 Å². The molecule has 0 aliphatic rings. The molecular formula is C12H15Cl2NO5S. The molecule has 0 fully saturated rings. The maximum absolute atomic E-state index is 10.8. The van der Waals surface area contributed by atoms with E-state index in [0.717, 1.165) is 6.42 Å². The smallest absolute Gasteiger partial charge is 0.312 e. The van der Waals surface area contributed by atoms with E-state index in [4.69, 9.17) is 27.0 Å². The zero-order chi connectivity index (χ0) is 15.9. The molecule has 6 nitrogen and oxygen atoms in total. The second kappa shape index (κ2) is 8.41. The van der Waals surface area contributed by atoms with Gasteiger partial charge in [0.25, 0.3) is 0 Å². The van der Waals surface area contributed by atoms with Gasteiger partial charge in [0.15, 0.2) is 5.75 Å². The topological polar surface area (TPSA) is 86.5 Å². The molecular weight excluding hydrogens is 341 g/mol. The number of nitro groups is 1. The van der Waals surface area contributed by atoms with E-state index in [0.29, 0.717) is 25.9 Å². The average molecular weight is 356 g/mol. The van der Waals surface area contributed by atoms with E-state index in [1.54, 1.807) is 0 Å². The van der Waals surface area contributed by atoms with Crippen molar-refractivity contribution in [2.45, 2.75) is 25.7 Å². The number of nitrogens with zero attached hydrogens (tertiary/aromatic N) is 1.